The molecule has 1 amide bonds. The largest absolute Gasteiger partial charge is 0.468 e. The molecule has 0 radical (unpaired) electrons. The summed E-state index contributed by atoms with van der Waals surface area (Å²) < 4.78 is 5.51. The van der Waals surface area contributed by atoms with Gasteiger partial charge >= 0.3 is 0 Å². The van der Waals surface area contributed by atoms with Gasteiger partial charge in [-0.25, -0.2) is 0 Å². The Balaban J connectivity index is 2.24. The fourth-order valence-corrected chi connectivity index (χ4v) is 2.87. The van der Waals surface area contributed by atoms with Gasteiger partial charge in [0.15, 0.2) is 0 Å². The molecule has 0 aliphatic carbocycles. The van der Waals surface area contributed by atoms with Crippen molar-refractivity contribution in [1.82, 2.24) is 9.80 Å². The van der Waals surface area contributed by atoms with Crippen molar-refractivity contribution in [2.24, 2.45) is 5.73 Å². The molecule has 1 aromatic heterocycles. The highest BCUT2D eigenvalue weighted by Gasteiger charge is 2.39. The second-order valence-electron chi connectivity index (χ2n) is 5.45. The molecule has 5 heteroatoms. The van der Waals surface area contributed by atoms with Gasteiger partial charge in [0, 0.05) is 20.1 Å². The second kappa shape index (κ2) is 5.75. The van der Waals surface area contributed by atoms with Gasteiger partial charge in [0.05, 0.1) is 18.3 Å². The van der Waals surface area contributed by atoms with Gasteiger partial charge < -0.3 is 15.1 Å². The molecule has 5 nitrogen and oxygen atoms in total. The number of amides is 1. The van der Waals surface area contributed by atoms with Gasteiger partial charge in [-0.1, -0.05) is 0 Å². The molecule has 1 aliphatic rings. The van der Waals surface area contributed by atoms with Crippen molar-refractivity contribution >= 4 is 5.91 Å². The number of carbonyl (C=O) groups is 1. The minimum absolute atomic E-state index is 0.0357. The van der Waals surface area contributed by atoms with Gasteiger partial charge in [-0.05, 0) is 38.4 Å². The summed E-state index contributed by atoms with van der Waals surface area (Å²) in [6, 6.07) is 3.59. The first-order valence-corrected chi connectivity index (χ1v) is 6.78. The standard InChI is InChI=1S/C14H23N3O2/c1-10(15)13(12-7-5-9-19-12)17-8-4-6-11(17)14(18)16(2)3/h5,7,9-11,13H,4,6,8,15H2,1-3H3. The van der Waals surface area contributed by atoms with Gasteiger partial charge in [-0.2, -0.15) is 0 Å². The lowest BCUT2D eigenvalue weighted by molar-refractivity contribution is -0.134. The van der Waals surface area contributed by atoms with E-state index in [0.29, 0.717) is 0 Å². The molecule has 0 aromatic carbocycles. The molecule has 1 aromatic rings. The molecule has 3 atom stereocenters. The third-order valence-corrected chi connectivity index (χ3v) is 3.71. The molecule has 19 heavy (non-hydrogen) atoms. The zero-order valence-corrected chi connectivity index (χ0v) is 11.9. The van der Waals surface area contributed by atoms with Crippen LogP contribution in [0.1, 0.15) is 31.6 Å². The second-order valence-corrected chi connectivity index (χ2v) is 5.45. The van der Waals surface area contributed by atoms with Gasteiger partial charge in [-0.15, -0.1) is 0 Å². The first-order valence-electron chi connectivity index (χ1n) is 6.78. The lowest BCUT2D eigenvalue weighted by Crippen LogP contribution is -2.48. The number of nitrogens with zero attached hydrogens (tertiary/aromatic N) is 2. The van der Waals surface area contributed by atoms with Crippen molar-refractivity contribution in [1.29, 1.82) is 0 Å². The summed E-state index contributed by atoms with van der Waals surface area (Å²) in [5.74, 6) is 0.989. The Morgan fingerprint density at radius 3 is 2.84 bits per heavy atom. The number of carbonyl (C=O) groups excluding carboxylic acids is 1. The highest BCUT2D eigenvalue weighted by atomic mass is 16.3. The molecular weight excluding hydrogens is 242 g/mol. The van der Waals surface area contributed by atoms with Crippen LogP contribution >= 0.6 is 0 Å². The lowest BCUT2D eigenvalue weighted by atomic mass is 10.0. The van der Waals surface area contributed by atoms with Crippen LogP contribution in [0, 0.1) is 0 Å². The maximum atomic E-state index is 12.3. The Morgan fingerprint density at radius 2 is 2.32 bits per heavy atom. The smallest absolute Gasteiger partial charge is 0.239 e. The van der Waals surface area contributed by atoms with Crippen molar-refractivity contribution < 1.29 is 9.21 Å². The Hall–Kier alpha value is -1.33. The van der Waals surface area contributed by atoms with Crippen LogP contribution in [0.4, 0.5) is 0 Å². The SMILES string of the molecule is CC(N)C(c1ccco1)N1CCCC1C(=O)N(C)C. The fourth-order valence-electron chi connectivity index (χ4n) is 2.87. The Labute approximate surface area is 114 Å². The summed E-state index contributed by atoms with van der Waals surface area (Å²) in [6.45, 7) is 2.85. The van der Waals surface area contributed by atoms with Crippen LogP contribution in [-0.2, 0) is 4.79 Å². The number of furan rings is 1. The van der Waals surface area contributed by atoms with E-state index in [0.717, 1.165) is 25.1 Å². The van der Waals surface area contributed by atoms with Gasteiger partial charge in [0.2, 0.25) is 5.91 Å². The van der Waals surface area contributed by atoms with E-state index in [9.17, 15) is 4.79 Å². The molecular formula is C14H23N3O2. The van der Waals surface area contributed by atoms with Crippen LogP contribution in [0.2, 0.25) is 0 Å². The van der Waals surface area contributed by atoms with E-state index in [1.165, 1.54) is 0 Å². The van der Waals surface area contributed by atoms with Crippen molar-refractivity contribution in [2.75, 3.05) is 20.6 Å². The van der Waals surface area contributed by atoms with Crippen LogP contribution in [-0.4, -0.2) is 48.4 Å². The fraction of sp³-hybridized carbons (Fsp3) is 0.643. The highest BCUT2D eigenvalue weighted by Crippen LogP contribution is 2.32. The molecule has 1 saturated heterocycles. The predicted molar refractivity (Wildman–Crippen MR) is 73.5 cm³/mol. The van der Waals surface area contributed by atoms with Gasteiger partial charge in [0.25, 0.3) is 0 Å². The minimum Gasteiger partial charge on any atom is -0.468 e. The molecule has 2 N–H and O–H groups in total. The third kappa shape index (κ3) is 2.82. The van der Waals surface area contributed by atoms with E-state index in [2.05, 4.69) is 4.90 Å². The van der Waals surface area contributed by atoms with E-state index in [-0.39, 0.29) is 24.0 Å². The molecule has 0 bridgehead atoms. The lowest BCUT2D eigenvalue weighted by Gasteiger charge is -2.34. The van der Waals surface area contributed by atoms with E-state index < -0.39 is 0 Å². The predicted octanol–water partition coefficient (Wildman–Crippen LogP) is 1.22. The Kier molecular flexibility index (Phi) is 4.27. The van der Waals surface area contributed by atoms with Crippen LogP contribution in [0.3, 0.4) is 0 Å². The minimum atomic E-state index is -0.0869. The normalized spacial score (nSPS) is 23.3. The molecule has 2 heterocycles. The first kappa shape index (κ1) is 14.1. The van der Waals surface area contributed by atoms with Gasteiger partial charge in [-0.3, -0.25) is 9.69 Å². The maximum absolute atomic E-state index is 12.3. The first-order chi connectivity index (χ1) is 9.02. The summed E-state index contributed by atoms with van der Waals surface area (Å²) in [5.41, 5.74) is 6.12. The third-order valence-electron chi connectivity index (χ3n) is 3.71. The Morgan fingerprint density at radius 1 is 1.58 bits per heavy atom. The molecule has 0 saturated carbocycles. The monoisotopic (exact) mass is 265 g/mol. The van der Waals surface area contributed by atoms with Crippen LogP contribution in [0.15, 0.2) is 22.8 Å². The quantitative estimate of drug-likeness (QED) is 0.889. The number of nitrogens with two attached hydrogens (primary N) is 1. The molecule has 3 unspecified atom stereocenters. The van der Waals surface area contributed by atoms with E-state index >= 15 is 0 Å². The summed E-state index contributed by atoms with van der Waals surface area (Å²) >= 11 is 0. The van der Waals surface area contributed by atoms with Crippen molar-refractivity contribution in [2.45, 2.75) is 37.9 Å². The van der Waals surface area contributed by atoms with Crippen LogP contribution in [0.5, 0.6) is 0 Å². The number of hydrogen-bond donors (Lipinski definition) is 1. The number of likely N-dealkylation sites (tertiary alicyclic amines) is 1. The molecule has 2 rings (SSSR count). The van der Waals surface area contributed by atoms with Crippen molar-refractivity contribution in [3.63, 3.8) is 0 Å². The van der Waals surface area contributed by atoms with Crippen molar-refractivity contribution in [3.05, 3.63) is 24.2 Å². The van der Waals surface area contributed by atoms with Crippen molar-refractivity contribution in [3.8, 4) is 0 Å². The highest BCUT2D eigenvalue weighted by molar-refractivity contribution is 5.81. The van der Waals surface area contributed by atoms with Crippen LogP contribution in [0.25, 0.3) is 0 Å². The molecule has 106 valence electrons. The Bertz CT molecular complexity index is 414. The average Bonchev–Trinajstić information content (AvgIpc) is 2.99. The summed E-state index contributed by atoms with van der Waals surface area (Å²) in [6.07, 6.45) is 3.57. The molecule has 1 fully saturated rings. The van der Waals surface area contributed by atoms with E-state index in [4.69, 9.17) is 10.2 Å². The van der Waals surface area contributed by atoms with Crippen LogP contribution < -0.4 is 5.73 Å². The average molecular weight is 265 g/mol. The zero-order valence-electron chi connectivity index (χ0n) is 11.9. The molecule has 1 aliphatic heterocycles. The van der Waals surface area contributed by atoms with Gasteiger partial charge in [0.1, 0.15) is 5.76 Å². The summed E-state index contributed by atoms with van der Waals surface area (Å²) in [7, 11) is 3.60. The summed E-state index contributed by atoms with van der Waals surface area (Å²) in [4.78, 5) is 16.1. The zero-order chi connectivity index (χ0) is 14.0. The summed E-state index contributed by atoms with van der Waals surface area (Å²) in [5, 5.41) is 0. The maximum Gasteiger partial charge on any atom is 0.239 e. The number of rotatable bonds is 4. The number of hydrogen-bond acceptors (Lipinski definition) is 4. The van der Waals surface area contributed by atoms with E-state index in [1.54, 1.807) is 25.3 Å². The topological polar surface area (TPSA) is 62.7 Å². The number of likely N-dealkylation sites (N-methyl/N-ethyl adjacent to an activating group) is 1. The molecule has 0 spiro atoms. The van der Waals surface area contributed by atoms with E-state index in [1.807, 2.05) is 19.1 Å².